The molecule has 0 saturated carbocycles. The SMILES string of the molecule is C=CC[C@H](c1cc(F)c(F)cc1F)N1CCNCC1. The molecule has 0 unspecified atom stereocenters. The van der Waals surface area contributed by atoms with Crippen molar-refractivity contribution in [1.82, 2.24) is 10.2 Å². The average Bonchev–Trinajstić information content (AvgIpc) is 2.42. The molecule has 2 nitrogen and oxygen atoms in total. The lowest BCUT2D eigenvalue weighted by atomic mass is 10.00. The van der Waals surface area contributed by atoms with Crippen molar-refractivity contribution in [2.75, 3.05) is 26.2 Å². The van der Waals surface area contributed by atoms with Gasteiger partial charge in [0.2, 0.25) is 0 Å². The van der Waals surface area contributed by atoms with E-state index in [1.807, 2.05) is 0 Å². The van der Waals surface area contributed by atoms with Gasteiger partial charge in [-0.2, -0.15) is 0 Å². The van der Waals surface area contributed by atoms with Crippen molar-refractivity contribution in [3.63, 3.8) is 0 Å². The van der Waals surface area contributed by atoms with Crippen LogP contribution < -0.4 is 5.32 Å². The van der Waals surface area contributed by atoms with Crippen LogP contribution in [0.25, 0.3) is 0 Å². The molecule has 1 aromatic carbocycles. The fourth-order valence-corrected chi connectivity index (χ4v) is 2.42. The molecule has 1 aliphatic heterocycles. The molecular formula is C14H17F3N2. The number of piperazine rings is 1. The Kier molecular flexibility index (Phi) is 4.61. The van der Waals surface area contributed by atoms with Crippen LogP contribution in [0.15, 0.2) is 24.8 Å². The third-order valence-corrected chi connectivity index (χ3v) is 3.38. The van der Waals surface area contributed by atoms with Crippen LogP contribution in [0.3, 0.4) is 0 Å². The lowest BCUT2D eigenvalue weighted by Gasteiger charge is -2.35. The first-order valence-electron chi connectivity index (χ1n) is 6.33. The summed E-state index contributed by atoms with van der Waals surface area (Å²) >= 11 is 0. The minimum absolute atomic E-state index is 0.195. The highest BCUT2D eigenvalue weighted by atomic mass is 19.2. The molecule has 0 bridgehead atoms. The normalized spacial score (nSPS) is 18.3. The summed E-state index contributed by atoms with van der Waals surface area (Å²) in [7, 11) is 0. The van der Waals surface area contributed by atoms with Gasteiger partial charge < -0.3 is 5.32 Å². The van der Waals surface area contributed by atoms with Gasteiger partial charge in [0.1, 0.15) is 5.82 Å². The summed E-state index contributed by atoms with van der Waals surface area (Å²) in [6.07, 6.45) is 2.18. The Balaban J connectivity index is 2.32. The summed E-state index contributed by atoms with van der Waals surface area (Å²) in [5.41, 5.74) is 0.195. The molecule has 1 heterocycles. The van der Waals surface area contributed by atoms with Gasteiger partial charge in [-0.1, -0.05) is 6.08 Å². The molecule has 19 heavy (non-hydrogen) atoms. The highest BCUT2D eigenvalue weighted by molar-refractivity contribution is 5.24. The lowest BCUT2D eigenvalue weighted by Crippen LogP contribution is -2.45. The molecule has 0 radical (unpaired) electrons. The molecule has 0 spiro atoms. The van der Waals surface area contributed by atoms with Crippen LogP contribution in [0.2, 0.25) is 0 Å². The number of rotatable bonds is 4. The van der Waals surface area contributed by atoms with Gasteiger partial charge in [0.25, 0.3) is 0 Å². The van der Waals surface area contributed by atoms with Crippen LogP contribution in [-0.2, 0) is 0 Å². The summed E-state index contributed by atoms with van der Waals surface area (Å²) in [5.74, 6) is -2.87. The van der Waals surface area contributed by atoms with Crippen molar-refractivity contribution in [2.24, 2.45) is 0 Å². The Morgan fingerprint density at radius 1 is 1.16 bits per heavy atom. The fourth-order valence-electron chi connectivity index (χ4n) is 2.42. The largest absolute Gasteiger partial charge is 0.314 e. The fraction of sp³-hybridized carbons (Fsp3) is 0.429. The Labute approximate surface area is 110 Å². The van der Waals surface area contributed by atoms with Gasteiger partial charge in [0.15, 0.2) is 11.6 Å². The molecule has 1 atom stereocenters. The van der Waals surface area contributed by atoms with Crippen LogP contribution in [-0.4, -0.2) is 31.1 Å². The van der Waals surface area contributed by atoms with Crippen molar-refractivity contribution in [3.8, 4) is 0 Å². The number of hydrogen-bond donors (Lipinski definition) is 1. The lowest BCUT2D eigenvalue weighted by molar-refractivity contribution is 0.171. The van der Waals surface area contributed by atoms with Gasteiger partial charge in [-0.15, -0.1) is 6.58 Å². The monoisotopic (exact) mass is 270 g/mol. The number of nitrogens with one attached hydrogen (secondary N) is 1. The predicted molar refractivity (Wildman–Crippen MR) is 68.3 cm³/mol. The average molecular weight is 270 g/mol. The predicted octanol–water partition coefficient (Wildman–Crippen LogP) is 2.63. The quantitative estimate of drug-likeness (QED) is 0.668. The summed E-state index contributed by atoms with van der Waals surface area (Å²) in [5, 5.41) is 3.20. The molecule has 1 N–H and O–H groups in total. The first-order chi connectivity index (χ1) is 9.13. The molecule has 5 heteroatoms. The van der Waals surface area contributed by atoms with E-state index < -0.39 is 17.5 Å². The summed E-state index contributed by atoms with van der Waals surface area (Å²) in [6.45, 7) is 6.76. The summed E-state index contributed by atoms with van der Waals surface area (Å²) in [4.78, 5) is 2.06. The van der Waals surface area contributed by atoms with Crippen molar-refractivity contribution >= 4 is 0 Å². The van der Waals surface area contributed by atoms with Crippen molar-refractivity contribution in [1.29, 1.82) is 0 Å². The molecule has 1 fully saturated rings. The zero-order valence-electron chi connectivity index (χ0n) is 10.6. The van der Waals surface area contributed by atoms with E-state index in [1.54, 1.807) is 6.08 Å². The maximum Gasteiger partial charge on any atom is 0.161 e. The second-order valence-corrected chi connectivity index (χ2v) is 4.61. The Morgan fingerprint density at radius 2 is 1.79 bits per heavy atom. The van der Waals surface area contributed by atoms with Crippen LogP contribution in [0.4, 0.5) is 13.2 Å². The summed E-state index contributed by atoms with van der Waals surface area (Å²) < 4.78 is 40.2. The molecule has 0 amide bonds. The van der Waals surface area contributed by atoms with Gasteiger partial charge >= 0.3 is 0 Å². The Bertz CT molecular complexity index is 456. The second-order valence-electron chi connectivity index (χ2n) is 4.61. The standard InChI is InChI=1S/C14H17F3N2/c1-2-3-14(19-6-4-18-5-7-19)10-8-12(16)13(17)9-11(10)15/h2,8-9,14,18H,1,3-7H2/t14-/m1/s1. The molecule has 1 aliphatic rings. The van der Waals surface area contributed by atoms with Gasteiger partial charge in [-0.3, -0.25) is 4.90 Å². The van der Waals surface area contributed by atoms with Gasteiger partial charge in [0, 0.05) is 43.9 Å². The van der Waals surface area contributed by atoms with E-state index in [1.165, 1.54) is 0 Å². The topological polar surface area (TPSA) is 15.3 Å². The van der Waals surface area contributed by atoms with Crippen molar-refractivity contribution < 1.29 is 13.2 Å². The molecule has 104 valence electrons. The van der Waals surface area contributed by atoms with E-state index in [0.717, 1.165) is 32.2 Å². The maximum atomic E-state index is 13.9. The molecule has 0 aliphatic carbocycles. The van der Waals surface area contributed by atoms with Gasteiger partial charge in [-0.05, 0) is 12.5 Å². The van der Waals surface area contributed by atoms with Crippen molar-refractivity contribution in [2.45, 2.75) is 12.5 Å². The van der Waals surface area contributed by atoms with Crippen LogP contribution in [0.1, 0.15) is 18.0 Å². The van der Waals surface area contributed by atoms with Crippen molar-refractivity contribution in [3.05, 3.63) is 47.8 Å². The van der Waals surface area contributed by atoms with E-state index in [0.29, 0.717) is 12.5 Å². The zero-order chi connectivity index (χ0) is 13.8. The molecule has 2 rings (SSSR count). The van der Waals surface area contributed by atoms with E-state index in [9.17, 15) is 13.2 Å². The van der Waals surface area contributed by atoms with Crippen LogP contribution in [0, 0.1) is 17.5 Å². The molecule has 1 aromatic rings. The highest BCUT2D eigenvalue weighted by Crippen LogP contribution is 2.28. The first kappa shape index (κ1) is 14.1. The maximum absolute atomic E-state index is 13.9. The van der Waals surface area contributed by atoms with Crippen LogP contribution in [0.5, 0.6) is 0 Å². The van der Waals surface area contributed by atoms with Gasteiger partial charge in [-0.25, -0.2) is 13.2 Å². The minimum Gasteiger partial charge on any atom is -0.314 e. The van der Waals surface area contributed by atoms with E-state index in [-0.39, 0.29) is 11.6 Å². The van der Waals surface area contributed by atoms with E-state index >= 15 is 0 Å². The summed E-state index contributed by atoms with van der Waals surface area (Å²) in [6, 6.07) is 1.28. The third kappa shape index (κ3) is 3.16. The number of halogens is 3. The minimum atomic E-state index is -1.15. The number of benzene rings is 1. The Hall–Kier alpha value is -1.33. The third-order valence-electron chi connectivity index (χ3n) is 3.38. The molecular weight excluding hydrogens is 253 g/mol. The first-order valence-corrected chi connectivity index (χ1v) is 6.33. The highest BCUT2D eigenvalue weighted by Gasteiger charge is 2.25. The van der Waals surface area contributed by atoms with Crippen LogP contribution >= 0.6 is 0 Å². The second kappa shape index (κ2) is 6.21. The number of hydrogen-bond acceptors (Lipinski definition) is 2. The zero-order valence-corrected chi connectivity index (χ0v) is 10.6. The Morgan fingerprint density at radius 3 is 2.42 bits per heavy atom. The van der Waals surface area contributed by atoms with E-state index in [4.69, 9.17) is 0 Å². The molecule has 0 aromatic heterocycles. The van der Waals surface area contributed by atoms with Gasteiger partial charge in [0.05, 0.1) is 0 Å². The number of nitrogens with zero attached hydrogens (tertiary/aromatic N) is 1. The smallest absolute Gasteiger partial charge is 0.161 e. The molecule has 1 saturated heterocycles. The van der Waals surface area contributed by atoms with E-state index in [2.05, 4.69) is 16.8 Å².